The van der Waals surface area contributed by atoms with Crippen molar-refractivity contribution in [1.82, 2.24) is 5.32 Å². The number of rotatable bonds is 4. The van der Waals surface area contributed by atoms with E-state index in [-0.39, 0.29) is 12.5 Å². The second kappa shape index (κ2) is 5.71. The smallest absolute Gasteiger partial charge is 0.258 e. The molecule has 1 aromatic carbocycles. The Kier molecular flexibility index (Phi) is 4.02. The lowest BCUT2D eigenvalue weighted by molar-refractivity contribution is -0.123. The van der Waals surface area contributed by atoms with Gasteiger partial charge in [0.05, 0.1) is 0 Å². The molecule has 0 atom stereocenters. The average molecular weight is 233 g/mol. The van der Waals surface area contributed by atoms with Crippen molar-refractivity contribution in [2.24, 2.45) is 0 Å². The van der Waals surface area contributed by atoms with Gasteiger partial charge in [0, 0.05) is 6.04 Å². The van der Waals surface area contributed by atoms with Gasteiger partial charge in [-0.25, -0.2) is 0 Å². The first-order chi connectivity index (χ1) is 8.24. The zero-order valence-electron chi connectivity index (χ0n) is 10.2. The summed E-state index contributed by atoms with van der Waals surface area (Å²) in [6, 6.07) is 8.09. The van der Waals surface area contributed by atoms with Gasteiger partial charge in [0.1, 0.15) is 5.75 Å². The van der Waals surface area contributed by atoms with Crippen LogP contribution in [0.1, 0.15) is 31.2 Å². The predicted octanol–water partition coefficient (Wildman–Crippen LogP) is 2.43. The summed E-state index contributed by atoms with van der Waals surface area (Å²) < 4.78 is 5.42. The maximum Gasteiger partial charge on any atom is 0.258 e. The fraction of sp³-hybridized carbons (Fsp3) is 0.500. The quantitative estimate of drug-likeness (QED) is 0.867. The highest BCUT2D eigenvalue weighted by molar-refractivity contribution is 5.77. The lowest BCUT2D eigenvalue weighted by Gasteiger charge is -2.12. The summed E-state index contributed by atoms with van der Waals surface area (Å²) in [7, 11) is 0. The summed E-state index contributed by atoms with van der Waals surface area (Å²) in [4.78, 5) is 11.6. The van der Waals surface area contributed by atoms with Gasteiger partial charge in [0.15, 0.2) is 6.61 Å². The zero-order chi connectivity index (χ0) is 12.1. The first-order valence-electron chi connectivity index (χ1n) is 6.23. The third-order valence-electron chi connectivity index (χ3n) is 3.11. The van der Waals surface area contributed by atoms with Crippen LogP contribution < -0.4 is 10.1 Å². The standard InChI is InChI=1S/C14H19NO2/c1-11-6-8-13(9-7-11)17-10-14(16)15-12-4-2-3-5-12/h6-9,12H,2-5,10H2,1H3,(H,15,16). The Morgan fingerprint density at radius 1 is 1.29 bits per heavy atom. The van der Waals surface area contributed by atoms with Gasteiger partial charge in [0.2, 0.25) is 0 Å². The van der Waals surface area contributed by atoms with Crippen LogP contribution in [0.3, 0.4) is 0 Å². The second-order valence-electron chi connectivity index (χ2n) is 4.65. The topological polar surface area (TPSA) is 38.3 Å². The third-order valence-corrected chi connectivity index (χ3v) is 3.11. The van der Waals surface area contributed by atoms with Crippen LogP contribution in [-0.2, 0) is 4.79 Å². The molecule has 1 aliphatic carbocycles. The monoisotopic (exact) mass is 233 g/mol. The number of amides is 1. The van der Waals surface area contributed by atoms with Crippen molar-refractivity contribution < 1.29 is 9.53 Å². The van der Waals surface area contributed by atoms with Crippen LogP contribution in [0.2, 0.25) is 0 Å². The van der Waals surface area contributed by atoms with E-state index in [1.165, 1.54) is 18.4 Å². The van der Waals surface area contributed by atoms with Crippen LogP contribution in [0.25, 0.3) is 0 Å². The number of nitrogens with one attached hydrogen (secondary N) is 1. The summed E-state index contributed by atoms with van der Waals surface area (Å²) in [5.74, 6) is 0.731. The number of ether oxygens (including phenoxy) is 1. The first kappa shape index (κ1) is 12.0. The molecule has 3 nitrogen and oxygen atoms in total. The van der Waals surface area contributed by atoms with E-state index in [0.717, 1.165) is 18.6 Å². The number of carbonyl (C=O) groups excluding carboxylic acids is 1. The fourth-order valence-corrected chi connectivity index (χ4v) is 2.12. The SMILES string of the molecule is Cc1ccc(OCC(=O)NC2CCCC2)cc1. The van der Waals surface area contributed by atoms with E-state index in [9.17, 15) is 4.79 Å². The molecule has 17 heavy (non-hydrogen) atoms. The molecule has 2 rings (SSSR count). The molecular weight excluding hydrogens is 214 g/mol. The molecule has 0 heterocycles. The molecule has 3 heteroatoms. The molecule has 92 valence electrons. The minimum atomic E-state index is -0.0162. The lowest BCUT2D eigenvalue weighted by Crippen LogP contribution is -2.36. The van der Waals surface area contributed by atoms with E-state index in [1.807, 2.05) is 31.2 Å². The molecule has 0 saturated heterocycles. The normalized spacial score (nSPS) is 15.8. The molecule has 0 unspecified atom stereocenters. The molecule has 0 bridgehead atoms. The van der Waals surface area contributed by atoms with Gasteiger partial charge in [-0.1, -0.05) is 30.5 Å². The van der Waals surface area contributed by atoms with Crippen LogP contribution in [0.4, 0.5) is 0 Å². The highest BCUT2D eigenvalue weighted by Crippen LogP contribution is 2.17. The van der Waals surface area contributed by atoms with Crippen LogP contribution in [0.5, 0.6) is 5.75 Å². The Hall–Kier alpha value is -1.51. The van der Waals surface area contributed by atoms with Crippen molar-refractivity contribution in [2.45, 2.75) is 38.6 Å². The van der Waals surface area contributed by atoms with Gasteiger partial charge in [-0.3, -0.25) is 4.79 Å². The Balaban J connectivity index is 1.73. The van der Waals surface area contributed by atoms with Gasteiger partial charge in [-0.15, -0.1) is 0 Å². The van der Waals surface area contributed by atoms with Gasteiger partial charge >= 0.3 is 0 Å². The van der Waals surface area contributed by atoms with E-state index in [0.29, 0.717) is 6.04 Å². The van der Waals surface area contributed by atoms with E-state index < -0.39 is 0 Å². The highest BCUT2D eigenvalue weighted by atomic mass is 16.5. The Morgan fingerprint density at radius 3 is 2.59 bits per heavy atom. The van der Waals surface area contributed by atoms with Crippen LogP contribution >= 0.6 is 0 Å². The summed E-state index contributed by atoms with van der Waals surface area (Å²) in [5, 5.41) is 3.00. The summed E-state index contributed by atoms with van der Waals surface area (Å²) in [6.45, 7) is 2.14. The molecular formula is C14H19NO2. The third kappa shape index (κ3) is 3.77. The maximum absolute atomic E-state index is 11.6. The van der Waals surface area contributed by atoms with E-state index in [1.54, 1.807) is 0 Å². The van der Waals surface area contributed by atoms with Crippen molar-refractivity contribution in [1.29, 1.82) is 0 Å². The number of hydrogen-bond acceptors (Lipinski definition) is 2. The van der Waals surface area contributed by atoms with Crippen LogP contribution in [0, 0.1) is 6.92 Å². The molecule has 1 fully saturated rings. The molecule has 1 N–H and O–H groups in total. The van der Waals surface area contributed by atoms with Gasteiger partial charge in [0.25, 0.3) is 5.91 Å². The lowest BCUT2D eigenvalue weighted by atomic mass is 10.2. The predicted molar refractivity (Wildman–Crippen MR) is 67.1 cm³/mol. The van der Waals surface area contributed by atoms with Gasteiger partial charge < -0.3 is 10.1 Å². The van der Waals surface area contributed by atoms with Crippen LogP contribution in [-0.4, -0.2) is 18.6 Å². The fourth-order valence-electron chi connectivity index (χ4n) is 2.12. The number of aryl methyl sites for hydroxylation is 1. The summed E-state index contributed by atoms with van der Waals surface area (Å²) in [6.07, 6.45) is 4.67. The Morgan fingerprint density at radius 2 is 1.94 bits per heavy atom. The Labute approximate surface area is 102 Å². The average Bonchev–Trinajstić information content (AvgIpc) is 2.81. The molecule has 1 saturated carbocycles. The van der Waals surface area contributed by atoms with Crippen molar-refractivity contribution >= 4 is 5.91 Å². The molecule has 0 aliphatic heterocycles. The van der Waals surface area contributed by atoms with E-state index >= 15 is 0 Å². The van der Waals surface area contributed by atoms with E-state index in [4.69, 9.17) is 4.74 Å². The summed E-state index contributed by atoms with van der Waals surface area (Å²) in [5.41, 5.74) is 1.19. The second-order valence-corrected chi connectivity index (χ2v) is 4.65. The molecule has 0 aromatic heterocycles. The minimum Gasteiger partial charge on any atom is -0.484 e. The maximum atomic E-state index is 11.6. The van der Waals surface area contributed by atoms with Crippen molar-refractivity contribution in [3.05, 3.63) is 29.8 Å². The Bertz CT molecular complexity index is 366. The molecule has 1 amide bonds. The van der Waals surface area contributed by atoms with Crippen molar-refractivity contribution in [2.75, 3.05) is 6.61 Å². The number of benzene rings is 1. The number of carbonyl (C=O) groups is 1. The summed E-state index contributed by atoms with van der Waals surface area (Å²) >= 11 is 0. The zero-order valence-corrected chi connectivity index (χ0v) is 10.2. The van der Waals surface area contributed by atoms with Gasteiger partial charge in [-0.05, 0) is 31.9 Å². The largest absolute Gasteiger partial charge is 0.484 e. The molecule has 1 aliphatic rings. The van der Waals surface area contributed by atoms with Crippen molar-refractivity contribution in [3.8, 4) is 5.75 Å². The van der Waals surface area contributed by atoms with Gasteiger partial charge in [-0.2, -0.15) is 0 Å². The highest BCUT2D eigenvalue weighted by Gasteiger charge is 2.16. The van der Waals surface area contributed by atoms with E-state index in [2.05, 4.69) is 5.32 Å². The van der Waals surface area contributed by atoms with Crippen molar-refractivity contribution in [3.63, 3.8) is 0 Å². The molecule has 1 aromatic rings. The molecule has 0 spiro atoms. The van der Waals surface area contributed by atoms with Crippen LogP contribution in [0.15, 0.2) is 24.3 Å². The molecule has 0 radical (unpaired) electrons. The first-order valence-corrected chi connectivity index (χ1v) is 6.23. The minimum absolute atomic E-state index is 0.0162. The number of hydrogen-bond donors (Lipinski definition) is 1.